The van der Waals surface area contributed by atoms with E-state index in [2.05, 4.69) is 5.10 Å². The molecule has 0 spiro atoms. The minimum absolute atomic E-state index is 0.107. The van der Waals surface area contributed by atoms with Crippen LogP contribution in [0.1, 0.15) is 37.2 Å². The molecule has 0 fully saturated rings. The SMILES string of the molecule is CCS(=O)(=O)CCCn1nc(C)c(CC(C)N)c1C. The van der Waals surface area contributed by atoms with Crippen LogP contribution in [0.15, 0.2) is 0 Å². The van der Waals surface area contributed by atoms with E-state index in [-0.39, 0.29) is 17.5 Å². The van der Waals surface area contributed by atoms with E-state index in [0.717, 1.165) is 17.8 Å². The highest BCUT2D eigenvalue weighted by Crippen LogP contribution is 2.15. The zero-order chi connectivity index (χ0) is 14.6. The fourth-order valence-corrected chi connectivity index (χ4v) is 3.01. The molecule has 1 aromatic heterocycles. The van der Waals surface area contributed by atoms with Crippen molar-refractivity contribution in [1.82, 2.24) is 9.78 Å². The highest BCUT2D eigenvalue weighted by Gasteiger charge is 2.13. The molecule has 0 aliphatic carbocycles. The van der Waals surface area contributed by atoms with Gasteiger partial charge < -0.3 is 5.73 Å². The van der Waals surface area contributed by atoms with Gasteiger partial charge in [-0.1, -0.05) is 6.92 Å². The smallest absolute Gasteiger partial charge is 0.150 e. The molecule has 1 rings (SSSR count). The normalized spacial score (nSPS) is 13.7. The van der Waals surface area contributed by atoms with Crippen LogP contribution in [0.4, 0.5) is 0 Å². The first-order valence-electron chi connectivity index (χ1n) is 6.75. The van der Waals surface area contributed by atoms with Crippen LogP contribution in [0.25, 0.3) is 0 Å². The van der Waals surface area contributed by atoms with Crippen molar-refractivity contribution >= 4 is 9.84 Å². The minimum atomic E-state index is -2.89. The average Bonchev–Trinajstić information content (AvgIpc) is 2.56. The lowest BCUT2D eigenvalue weighted by Crippen LogP contribution is -2.18. The second-order valence-electron chi connectivity index (χ2n) is 5.14. The summed E-state index contributed by atoms with van der Waals surface area (Å²) in [5.41, 5.74) is 9.11. The Kier molecular flexibility index (Phi) is 5.55. The van der Waals surface area contributed by atoms with Crippen LogP contribution < -0.4 is 5.73 Å². The summed E-state index contributed by atoms with van der Waals surface area (Å²) in [6.45, 7) is 8.30. The van der Waals surface area contributed by atoms with Crippen molar-refractivity contribution < 1.29 is 8.42 Å². The third-order valence-corrected chi connectivity index (χ3v) is 5.11. The summed E-state index contributed by atoms with van der Waals surface area (Å²) < 4.78 is 24.8. The van der Waals surface area contributed by atoms with Gasteiger partial charge in [-0.05, 0) is 39.2 Å². The Morgan fingerprint density at radius 1 is 1.37 bits per heavy atom. The van der Waals surface area contributed by atoms with Crippen LogP contribution in [0.5, 0.6) is 0 Å². The van der Waals surface area contributed by atoms with E-state index in [1.54, 1.807) is 6.92 Å². The molecule has 1 unspecified atom stereocenters. The van der Waals surface area contributed by atoms with Gasteiger partial charge in [-0.15, -0.1) is 0 Å². The molecule has 19 heavy (non-hydrogen) atoms. The lowest BCUT2D eigenvalue weighted by molar-refractivity contribution is 0.563. The Morgan fingerprint density at radius 2 is 2.00 bits per heavy atom. The Bertz CT molecular complexity index is 518. The van der Waals surface area contributed by atoms with E-state index >= 15 is 0 Å². The van der Waals surface area contributed by atoms with Crippen molar-refractivity contribution in [1.29, 1.82) is 0 Å². The average molecular weight is 287 g/mol. The van der Waals surface area contributed by atoms with Crippen molar-refractivity contribution in [3.8, 4) is 0 Å². The Labute approximate surface area is 116 Å². The largest absolute Gasteiger partial charge is 0.328 e. The number of aryl methyl sites for hydroxylation is 2. The molecule has 0 amide bonds. The van der Waals surface area contributed by atoms with Crippen molar-refractivity contribution in [2.75, 3.05) is 11.5 Å². The molecule has 1 aromatic rings. The van der Waals surface area contributed by atoms with Gasteiger partial charge in [-0.25, -0.2) is 8.42 Å². The summed E-state index contributed by atoms with van der Waals surface area (Å²) in [5, 5.41) is 4.47. The van der Waals surface area contributed by atoms with Crippen molar-refractivity contribution in [2.24, 2.45) is 5.73 Å². The summed E-state index contributed by atoms with van der Waals surface area (Å²) >= 11 is 0. The van der Waals surface area contributed by atoms with Crippen molar-refractivity contribution in [3.05, 3.63) is 17.0 Å². The number of hydrogen-bond donors (Lipinski definition) is 1. The quantitative estimate of drug-likeness (QED) is 0.818. The predicted molar refractivity (Wildman–Crippen MR) is 78.0 cm³/mol. The number of nitrogens with two attached hydrogens (primary N) is 1. The van der Waals surface area contributed by atoms with Gasteiger partial charge >= 0.3 is 0 Å². The van der Waals surface area contributed by atoms with Gasteiger partial charge in [0, 0.05) is 24.0 Å². The second kappa shape index (κ2) is 6.52. The molecule has 2 N–H and O–H groups in total. The highest BCUT2D eigenvalue weighted by molar-refractivity contribution is 7.91. The summed E-state index contributed by atoms with van der Waals surface area (Å²) in [6.07, 6.45) is 1.42. The molecule has 5 nitrogen and oxygen atoms in total. The molecule has 0 saturated carbocycles. The zero-order valence-electron chi connectivity index (χ0n) is 12.3. The third kappa shape index (κ3) is 4.62. The van der Waals surface area contributed by atoms with E-state index in [0.29, 0.717) is 13.0 Å². The number of hydrogen-bond acceptors (Lipinski definition) is 4. The van der Waals surface area contributed by atoms with Crippen LogP contribution in [-0.2, 0) is 22.8 Å². The van der Waals surface area contributed by atoms with Crippen LogP contribution >= 0.6 is 0 Å². The molecule has 0 bridgehead atoms. The van der Waals surface area contributed by atoms with Crippen LogP contribution in [0.2, 0.25) is 0 Å². The third-order valence-electron chi connectivity index (χ3n) is 3.32. The Morgan fingerprint density at radius 3 is 2.53 bits per heavy atom. The standard InChI is InChI=1S/C13H25N3O2S/c1-5-19(17,18)8-6-7-16-12(4)13(9-10(2)14)11(3)15-16/h10H,5-9,14H2,1-4H3. The van der Waals surface area contributed by atoms with E-state index in [1.807, 2.05) is 25.5 Å². The first-order valence-corrected chi connectivity index (χ1v) is 8.58. The number of sulfone groups is 1. The monoisotopic (exact) mass is 287 g/mol. The molecule has 0 saturated heterocycles. The topological polar surface area (TPSA) is 78.0 Å². The van der Waals surface area contributed by atoms with Crippen LogP contribution in [0.3, 0.4) is 0 Å². The van der Waals surface area contributed by atoms with Gasteiger partial charge in [0.2, 0.25) is 0 Å². The molecule has 6 heteroatoms. The molecule has 0 aliphatic rings. The maximum Gasteiger partial charge on any atom is 0.150 e. The van der Waals surface area contributed by atoms with Gasteiger partial charge in [0.1, 0.15) is 9.84 Å². The zero-order valence-corrected chi connectivity index (χ0v) is 13.1. The highest BCUT2D eigenvalue weighted by atomic mass is 32.2. The molecular formula is C13H25N3O2S. The lowest BCUT2D eigenvalue weighted by Gasteiger charge is -2.07. The van der Waals surface area contributed by atoms with Gasteiger partial charge in [-0.2, -0.15) is 5.10 Å². The molecule has 1 heterocycles. The fraction of sp³-hybridized carbons (Fsp3) is 0.769. The van der Waals surface area contributed by atoms with Gasteiger partial charge in [0.05, 0.1) is 11.4 Å². The molecule has 0 radical (unpaired) electrons. The fourth-order valence-electron chi connectivity index (χ4n) is 2.15. The lowest BCUT2D eigenvalue weighted by atomic mass is 10.1. The van der Waals surface area contributed by atoms with E-state index in [1.165, 1.54) is 5.56 Å². The molecule has 110 valence electrons. The maximum atomic E-state index is 11.4. The van der Waals surface area contributed by atoms with Crippen molar-refractivity contribution in [3.63, 3.8) is 0 Å². The summed E-state index contributed by atoms with van der Waals surface area (Å²) in [5.74, 6) is 0.435. The molecule has 1 atom stereocenters. The maximum absolute atomic E-state index is 11.4. The number of nitrogens with zero attached hydrogens (tertiary/aromatic N) is 2. The minimum Gasteiger partial charge on any atom is -0.328 e. The Hall–Kier alpha value is -0.880. The van der Waals surface area contributed by atoms with Gasteiger partial charge in [0.15, 0.2) is 0 Å². The first-order chi connectivity index (χ1) is 8.76. The summed E-state index contributed by atoms with van der Waals surface area (Å²) in [4.78, 5) is 0. The van der Waals surface area contributed by atoms with Crippen molar-refractivity contribution in [2.45, 2.75) is 53.1 Å². The van der Waals surface area contributed by atoms with E-state index in [4.69, 9.17) is 5.73 Å². The van der Waals surface area contributed by atoms with Crippen LogP contribution in [-0.4, -0.2) is 35.7 Å². The summed E-state index contributed by atoms with van der Waals surface area (Å²) in [6, 6.07) is 0.107. The number of aromatic nitrogens is 2. The predicted octanol–water partition coefficient (Wildman–Crippen LogP) is 1.21. The first kappa shape index (κ1) is 16.2. The van der Waals surface area contributed by atoms with E-state index in [9.17, 15) is 8.42 Å². The number of rotatable bonds is 7. The molecule has 0 aliphatic heterocycles. The Balaban J connectivity index is 2.70. The molecular weight excluding hydrogens is 262 g/mol. The van der Waals surface area contributed by atoms with Gasteiger partial charge in [-0.3, -0.25) is 4.68 Å². The second-order valence-corrected chi connectivity index (χ2v) is 7.62. The van der Waals surface area contributed by atoms with Gasteiger partial charge in [0.25, 0.3) is 0 Å². The van der Waals surface area contributed by atoms with Crippen LogP contribution in [0, 0.1) is 13.8 Å². The van der Waals surface area contributed by atoms with E-state index < -0.39 is 9.84 Å². The summed E-state index contributed by atoms with van der Waals surface area (Å²) in [7, 11) is -2.89. The molecule has 0 aromatic carbocycles.